The zero-order valence-electron chi connectivity index (χ0n) is 9.94. The van der Waals surface area contributed by atoms with Crippen molar-refractivity contribution < 1.29 is 18.3 Å². The zero-order valence-corrected chi connectivity index (χ0v) is 10.7. The molecule has 5 nitrogen and oxygen atoms in total. The van der Waals surface area contributed by atoms with Crippen molar-refractivity contribution in [2.75, 3.05) is 11.9 Å². The van der Waals surface area contributed by atoms with Gasteiger partial charge in [-0.3, -0.25) is 0 Å². The second kappa shape index (κ2) is 5.71. The molecule has 100 valence electrons. The van der Waals surface area contributed by atoms with Crippen molar-refractivity contribution >= 4 is 29.3 Å². The molecule has 1 heterocycles. The monoisotopic (exact) mass is 284 g/mol. The number of aromatic nitrogens is 1. The summed E-state index contributed by atoms with van der Waals surface area (Å²) in [6.07, 6.45) is 1.16. The maximum Gasteiger partial charge on any atom is 0.360 e. The van der Waals surface area contributed by atoms with E-state index >= 15 is 0 Å². The molecule has 2 aromatic rings. The van der Waals surface area contributed by atoms with Crippen LogP contribution in [0.5, 0.6) is 0 Å². The second-order valence-electron chi connectivity index (χ2n) is 3.51. The summed E-state index contributed by atoms with van der Waals surface area (Å²) >= 11 is 5.56. The van der Waals surface area contributed by atoms with E-state index in [-0.39, 0.29) is 23.3 Å². The van der Waals surface area contributed by atoms with Crippen LogP contribution in [0, 0.1) is 5.82 Å². The molecule has 0 saturated heterocycles. The molecule has 7 heteroatoms. The molecule has 19 heavy (non-hydrogen) atoms. The molecule has 0 unspecified atom stereocenters. The van der Waals surface area contributed by atoms with Gasteiger partial charge in [0, 0.05) is 5.69 Å². The number of ether oxygens (including phenoxy) is 1. The van der Waals surface area contributed by atoms with Crippen LogP contribution in [0.25, 0.3) is 0 Å². The molecular weight excluding hydrogens is 275 g/mol. The van der Waals surface area contributed by atoms with Gasteiger partial charge in [0.1, 0.15) is 12.1 Å². The predicted molar refractivity (Wildman–Crippen MR) is 67.2 cm³/mol. The number of halogens is 2. The highest BCUT2D eigenvalue weighted by atomic mass is 35.5. The first-order valence-electron chi connectivity index (χ1n) is 5.45. The van der Waals surface area contributed by atoms with Crippen LogP contribution in [-0.4, -0.2) is 17.6 Å². The first-order valence-corrected chi connectivity index (χ1v) is 5.82. The average molecular weight is 285 g/mol. The van der Waals surface area contributed by atoms with Gasteiger partial charge in [-0.15, -0.1) is 0 Å². The summed E-state index contributed by atoms with van der Waals surface area (Å²) in [4.78, 5) is 15.2. The third-order valence-corrected chi connectivity index (χ3v) is 2.47. The summed E-state index contributed by atoms with van der Waals surface area (Å²) in [5.74, 6) is -1.15. The highest BCUT2D eigenvalue weighted by Gasteiger charge is 2.13. The molecule has 0 fully saturated rings. The summed E-state index contributed by atoms with van der Waals surface area (Å²) < 4.78 is 23.0. The predicted octanol–water partition coefficient (Wildman–Crippen LogP) is 3.39. The van der Waals surface area contributed by atoms with Gasteiger partial charge < -0.3 is 14.5 Å². The van der Waals surface area contributed by atoms with Gasteiger partial charge in [-0.1, -0.05) is 11.6 Å². The number of hydrogen-bond acceptors (Lipinski definition) is 5. The van der Waals surface area contributed by atoms with E-state index < -0.39 is 11.8 Å². The van der Waals surface area contributed by atoms with Crippen molar-refractivity contribution in [2.24, 2.45) is 0 Å². The van der Waals surface area contributed by atoms with Crippen molar-refractivity contribution in [3.05, 3.63) is 41.0 Å². The highest BCUT2D eigenvalue weighted by Crippen LogP contribution is 2.21. The molecule has 0 aliphatic heterocycles. The Balaban J connectivity index is 2.11. The van der Waals surface area contributed by atoms with Crippen molar-refractivity contribution in [2.45, 2.75) is 6.92 Å². The average Bonchev–Trinajstić information content (AvgIpc) is 2.83. The minimum atomic E-state index is -0.582. The Morgan fingerprint density at radius 3 is 3.05 bits per heavy atom. The molecule has 0 radical (unpaired) electrons. The molecule has 0 amide bonds. The molecule has 1 aromatic heterocycles. The van der Waals surface area contributed by atoms with Gasteiger partial charge in [0.2, 0.25) is 0 Å². The van der Waals surface area contributed by atoms with Crippen LogP contribution in [0.3, 0.4) is 0 Å². The Kier molecular flexibility index (Phi) is 4.01. The minimum absolute atomic E-state index is 0.0187. The van der Waals surface area contributed by atoms with Gasteiger partial charge >= 0.3 is 5.97 Å². The van der Waals surface area contributed by atoms with E-state index in [1.165, 1.54) is 12.1 Å². The van der Waals surface area contributed by atoms with E-state index in [0.29, 0.717) is 5.69 Å². The number of nitrogens with zero attached hydrogens (tertiary/aromatic N) is 1. The minimum Gasteiger partial charge on any atom is -0.461 e. The van der Waals surface area contributed by atoms with E-state index in [1.807, 2.05) is 0 Å². The second-order valence-corrected chi connectivity index (χ2v) is 3.92. The number of rotatable bonds is 4. The normalized spacial score (nSPS) is 10.3. The lowest BCUT2D eigenvalue weighted by atomic mass is 10.3. The van der Waals surface area contributed by atoms with Crippen LogP contribution in [0.2, 0.25) is 5.02 Å². The lowest BCUT2D eigenvalue weighted by molar-refractivity contribution is 0.0519. The SMILES string of the molecule is CCOC(=O)c1coc(Nc2ccc(Cl)c(F)c2)n1. The summed E-state index contributed by atoms with van der Waals surface area (Å²) in [6, 6.07) is 4.20. The fourth-order valence-corrected chi connectivity index (χ4v) is 1.44. The number of esters is 1. The number of carbonyl (C=O) groups excluding carboxylic acids is 1. The van der Waals surface area contributed by atoms with Gasteiger partial charge in [-0.05, 0) is 25.1 Å². The number of nitrogens with one attached hydrogen (secondary N) is 1. The third-order valence-electron chi connectivity index (χ3n) is 2.16. The van der Waals surface area contributed by atoms with Crippen LogP contribution in [-0.2, 0) is 4.74 Å². The molecule has 0 aliphatic carbocycles. The van der Waals surface area contributed by atoms with Crippen molar-refractivity contribution in [1.82, 2.24) is 4.98 Å². The lowest BCUT2D eigenvalue weighted by Gasteiger charge is -2.02. The first kappa shape index (κ1) is 13.4. The topological polar surface area (TPSA) is 64.4 Å². The number of carbonyl (C=O) groups is 1. The summed E-state index contributed by atoms with van der Waals surface area (Å²) in [7, 11) is 0. The first-order chi connectivity index (χ1) is 9.10. The van der Waals surface area contributed by atoms with Gasteiger partial charge in [-0.25, -0.2) is 9.18 Å². The summed E-state index contributed by atoms with van der Waals surface area (Å²) in [6.45, 7) is 1.94. The van der Waals surface area contributed by atoms with Crippen LogP contribution in [0.4, 0.5) is 16.1 Å². The molecule has 0 saturated carbocycles. The molecule has 0 aliphatic rings. The summed E-state index contributed by atoms with van der Waals surface area (Å²) in [5, 5.41) is 2.72. The van der Waals surface area contributed by atoms with E-state index in [1.54, 1.807) is 13.0 Å². The number of hydrogen-bond donors (Lipinski definition) is 1. The number of anilines is 2. The zero-order chi connectivity index (χ0) is 13.8. The Bertz CT molecular complexity index is 600. The van der Waals surface area contributed by atoms with Crippen molar-refractivity contribution in [3.63, 3.8) is 0 Å². The van der Waals surface area contributed by atoms with E-state index in [9.17, 15) is 9.18 Å². The van der Waals surface area contributed by atoms with Crippen molar-refractivity contribution in [3.8, 4) is 0 Å². The third kappa shape index (κ3) is 3.23. The molecule has 0 atom stereocenters. The van der Waals surface area contributed by atoms with Crippen LogP contribution >= 0.6 is 11.6 Å². The van der Waals surface area contributed by atoms with Crippen LogP contribution in [0.1, 0.15) is 17.4 Å². The van der Waals surface area contributed by atoms with Gasteiger partial charge in [-0.2, -0.15) is 4.98 Å². The van der Waals surface area contributed by atoms with E-state index in [0.717, 1.165) is 6.26 Å². The highest BCUT2D eigenvalue weighted by molar-refractivity contribution is 6.30. The fourth-order valence-electron chi connectivity index (χ4n) is 1.33. The van der Waals surface area contributed by atoms with Crippen LogP contribution < -0.4 is 5.32 Å². The fraction of sp³-hybridized carbons (Fsp3) is 0.167. The largest absolute Gasteiger partial charge is 0.461 e. The molecule has 0 spiro atoms. The van der Waals surface area contributed by atoms with Crippen molar-refractivity contribution in [1.29, 1.82) is 0 Å². The molecule has 0 bridgehead atoms. The number of oxazole rings is 1. The smallest absolute Gasteiger partial charge is 0.360 e. The summed E-state index contributed by atoms with van der Waals surface area (Å²) in [5.41, 5.74) is 0.443. The number of benzene rings is 1. The van der Waals surface area contributed by atoms with Gasteiger partial charge in [0.15, 0.2) is 5.69 Å². The molecule has 1 N–H and O–H groups in total. The lowest BCUT2D eigenvalue weighted by Crippen LogP contribution is -2.05. The van der Waals surface area contributed by atoms with E-state index in [4.69, 9.17) is 20.8 Å². The Labute approximate surface area is 113 Å². The standard InChI is InChI=1S/C12H10ClFN2O3/c1-2-18-11(17)10-6-19-12(16-10)15-7-3-4-8(13)9(14)5-7/h3-6H,2H2,1H3,(H,15,16). The molecular formula is C12H10ClFN2O3. The quantitative estimate of drug-likeness (QED) is 0.872. The maximum absolute atomic E-state index is 13.2. The molecule has 2 rings (SSSR count). The Morgan fingerprint density at radius 1 is 1.58 bits per heavy atom. The van der Waals surface area contributed by atoms with Gasteiger partial charge in [0.05, 0.1) is 11.6 Å². The van der Waals surface area contributed by atoms with E-state index in [2.05, 4.69) is 10.3 Å². The Morgan fingerprint density at radius 2 is 2.37 bits per heavy atom. The van der Waals surface area contributed by atoms with Gasteiger partial charge in [0.25, 0.3) is 6.01 Å². The molecule has 1 aromatic carbocycles. The van der Waals surface area contributed by atoms with Crippen LogP contribution in [0.15, 0.2) is 28.9 Å². The Hall–Kier alpha value is -2.08. The maximum atomic E-state index is 13.2.